The molecule has 0 aliphatic heterocycles. The topological polar surface area (TPSA) is 29.0 Å². The zero-order valence-electron chi connectivity index (χ0n) is 11.6. The molecule has 0 aromatic carbocycles. The van der Waals surface area contributed by atoms with Gasteiger partial charge in [0.25, 0.3) is 0 Å². The molecule has 1 rings (SSSR count). The van der Waals surface area contributed by atoms with Gasteiger partial charge in [-0.25, -0.2) is 9.97 Å². The molecular weight excluding hydrogens is 210 g/mol. The molecule has 0 fully saturated rings. The van der Waals surface area contributed by atoms with E-state index in [2.05, 4.69) is 42.6 Å². The van der Waals surface area contributed by atoms with E-state index in [1.54, 1.807) is 0 Å². The van der Waals surface area contributed by atoms with Crippen molar-refractivity contribution in [1.29, 1.82) is 0 Å². The second-order valence-corrected chi connectivity index (χ2v) is 4.53. The molecule has 3 heteroatoms. The quantitative estimate of drug-likeness (QED) is 0.725. The predicted molar refractivity (Wildman–Crippen MR) is 73.4 cm³/mol. The highest BCUT2D eigenvalue weighted by Crippen LogP contribution is 2.15. The molecule has 17 heavy (non-hydrogen) atoms. The molecule has 1 aromatic rings. The van der Waals surface area contributed by atoms with Gasteiger partial charge in [-0.3, -0.25) is 0 Å². The van der Waals surface area contributed by atoms with E-state index in [0.717, 1.165) is 31.0 Å². The molecule has 0 saturated carbocycles. The first-order valence-electron chi connectivity index (χ1n) is 6.81. The van der Waals surface area contributed by atoms with E-state index in [1.165, 1.54) is 12.8 Å². The Morgan fingerprint density at radius 2 is 2.00 bits per heavy atom. The first-order chi connectivity index (χ1) is 8.22. The zero-order valence-corrected chi connectivity index (χ0v) is 11.6. The Morgan fingerprint density at radius 1 is 1.24 bits per heavy atom. The average Bonchev–Trinajstić information content (AvgIpc) is 2.36. The lowest BCUT2D eigenvalue weighted by atomic mass is 10.1. The number of aromatic nitrogens is 2. The molecule has 0 bridgehead atoms. The number of hydrogen-bond donors (Lipinski definition) is 0. The summed E-state index contributed by atoms with van der Waals surface area (Å²) in [4.78, 5) is 11.4. The van der Waals surface area contributed by atoms with Crippen molar-refractivity contribution < 1.29 is 0 Å². The van der Waals surface area contributed by atoms with Crippen LogP contribution in [0.25, 0.3) is 0 Å². The summed E-state index contributed by atoms with van der Waals surface area (Å²) in [6, 6.07) is 2.52. The fraction of sp³-hybridized carbons (Fsp3) is 0.714. The molecule has 1 aromatic heterocycles. The van der Waals surface area contributed by atoms with E-state index >= 15 is 0 Å². The summed E-state index contributed by atoms with van der Waals surface area (Å²) in [6.07, 6.45) is 6.38. The summed E-state index contributed by atoms with van der Waals surface area (Å²) >= 11 is 0. The van der Waals surface area contributed by atoms with Crippen molar-refractivity contribution in [3.8, 4) is 0 Å². The van der Waals surface area contributed by atoms with Gasteiger partial charge in [0.05, 0.1) is 0 Å². The van der Waals surface area contributed by atoms with Crippen LogP contribution in [0, 0.1) is 0 Å². The van der Waals surface area contributed by atoms with Crippen LogP contribution in [-0.4, -0.2) is 22.6 Å². The van der Waals surface area contributed by atoms with Gasteiger partial charge >= 0.3 is 0 Å². The molecule has 0 spiro atoms. The lowest BCUT2D eigenvalue weighted by Gasteiger charge is -2.29. The lowest BCUT2D eigenvalue weighted by Crippen LogP contribution is -2.35. The number of aryl methyl sites for hydroxylation is 1. The minimum absolute atomic E-state index is 0.520. The van der Waals surface area contributed by atoms with Crippen LogP contribution in [0.3, 0.4) is 0 Å². The number of anilines is 1. The third-order valence-electron chi connectivity index (χ3n) is 3.02. The summed E-state index contributed by atoms with van der Waals surface area (Å²) < 4.78 is 0. The fourth-order valence-electron chi connectivity index (χ4n) is 2.05. The molecule has 1 heterocycles. The van der Waals surface area contributed by atoms with Crippen LogP contribution in [0.1, 0.15) is 52.7 Å². The Labute approximate surface area is 105 Å². The van der Waals surface area contributed by atoms with Gasteiger partial charge in [-0.1, -0.05) is 27.2 Å². The number of hydrogen-bond acceptors (Lipinski definition) is 3. The highest BCUT2D eigenvalue weighted by atomic mass is 15.3. The van der Waals surface area contributed by atoms with Gasteiger partial charge in [-0.2, -0.15) is 0 Å². The standard InChI is InChI=1S/C14H25N3/c1-5-8-12(4)17(11-6-2)14-15-10-9-13(7-3)16-14/h9-10,12H,5-8,11H2,1-4H3. The van der Waals surface area contributed by atoms with Crippen LogP contribution in [0.5, 0.6) is 0 Å². The molecule has 3 nitrogen and oxygen atoms in total. The average molecular weight is 235 g/mol. The van der Waals surface area contributed by atoms with Crippen molar-refractivity contribution in [2.24, 2.45) is 0 Å². The van der Waals surface area contributed by atoms with Crippen molar-refractivity contribution in [2.75, 3.05) is 11.4 Å². The van der Waals surface area contributed by atoms with Gasteiger partial charge in [-0.15, -0.1) is 0 Å². The maximum absolute atomic E-state index is 4.63. The minimum atomic E-state index is 0.520. The van der Waals surface area contributed by atoms with Crippen molar-refractivity contribution in [1.82, 2.24) is 9.97 Å². The predicted octanol–water partition coefficient (Wildman–Crippen LogP) is 3.44. The van der Waals surface area contributed by atoms with Gasteiger partial charge in [0.1, 0.15) is 0 Å². The van der Waals surface area contributed by atoms with Crippen LogP contribution >= 0.6 is 0 Å². The van der Waals surface area contributed by atoms with E-state index in [4.69, 9.17) is 0 Å². The Morgan fingerprint density at radius 3 is 2.59 bits per heavy atom. The smallest absolute Gasteiger partial charge is 0.225 e. The summed E-state index contributed by atoms with van der Waals surface area (Å²) in [6.45, 7) is 9.86. The molecular formula is C14H25N3. The van der Waals surface area contributed by atoms with Crippen LogP contribution in [0.4, 0.5) is 5.95 Å². The molecule has 1 unspecified atom stereocenters. The third-order valence-corrected chi connectivity index (χ3v) is 3.02. The summed E-state index contributed by atoms with van der Waals surface area (Å²) in [7, 11) is 0. The molecule has 0 aliphatic rings. The molecule has 96 valence electrons. The van der Waals surface area contributed by atoms with Crippen LogP contribution in [0.15, 0.2) is 12.3 Å². The monoisotopic (exact) mass is 235 g/mol. The highest BCUT2D eigenvalue weighted by molar-refractivity contribution is 5.31. The fourth-order valence-corrected chi connectivity index (χ4v) is 2.05. The van der Waals surface area contributed by atoms with Crippen molar-refractivity contribution in [2.45, 2.75) is 59.4 Å². The second-order valence-electron chi connectivity index (χ2n) is 4.53. The molecule has 0 aliphatic carbocycles. The Balaban J connectivity index is 2.87. The molecule has 0 amide bonds. The van der Waals surface area contributed by atoms with Crippen molar-refractivity contribution >= 4 is 5.95 Å². The highest BCUT2D eigenvalue weighted by Gasteiger charge is 2.15. The van der Waals surface area contributed by atoms with E-state index in [1.807, 2.05) is 12.3 Å². The van der Waals surface area contributed by atoms with E-state index in [9.17, 15) is 0 Å². The first-order valence-corrected chi connectivity index (χ1v) is 6.81. The normalized spacial score (nSPS) is 12.5. The number of nitrogens with zero attached hydrogens (tertiary/aromatic N) is 3. The minimum Gasteiger partial charge on any atom is -0.338 e. The SMILES string of the molecule is CCCC(C)N(CCC)c1nccc(CC)n1. The maximum atomic E-state index is 4.63. The third kappa shape index (κ3) is 3.99. The summed E-state index contributed by atoms with van der Waals surface area (Å²) in [5.41, 5.74) is 1.12. The lowest BCUT2D eigenvalue weighted by molar-refractivity contribution is 0.564. The van der Waals surface area contributed by atoms with Crippen LogP contribution < -0.4 is 4.90 Å². The maximum Gasteiger partial charge on any atom is 0.225 e. The van der Waals surface area contributed by atoms with Gasteiger partial charge in [0, 0.05) is 24.5 Å². The Hall–Kier alpha value is -1.12. The van der Waals surface area contributed by atoms with E-state index < -0.39 is 0 Å². The van der Waals surface area contributed by atoms with Gasteiger partial charge in [0.15, 0.2) is 0 Å². The van der Waals surface area contributed by atoms with E-state index in [-0.39, 0.29) is 0 Å². The van der Waals surface area contributed by atoms with Crippen molar-refractivity contribution in [3.05, 3.63) is 18.0 Å². The summed E-state index contributed by atoms with van der Waals surface area (Å²) in [5.74, 6) is 0.896. The van der Waals surface area contributed by atoms with Gasteiger partial charge in [0.2, 0.25) is 5.95 Å². The Bertz CT molecular complexity index is 325. The molecule has 0 radical (unpaired) electrons. The first kappa shape index (κ1) is 13.9. The largest absolute Gasteiger partial charge is 0.338 e. The van der Waals surface area contributed by atoms with Crippen LogP contribution in [0.2, 0.25) is 0 Å². The molecule has 1 atom stereocenters. The van der Waals surface area contributed by atoms with Gasteiger partial charge in [-0.05, 0) is 32.3 Å². The Kier molecular flexibility index (Phi) is 5.95. The molecule has 0 saturated heterocycles. The summed E-state index contributed by atoms with van der Waals surface area (Å²) in [5, 5.41) is 0. The zero-order chi connectivity index (χ0) is 12.7. The molecule has 0 N–H and O–H groups in total. The van der Waals surface area contributed by atoms with Crippen molar-refractivity contribution in [3.63, 3.8) is 0 Å². The second kappa shape index (κ2) is 7.25. The van der Waals surface area contributed by atoms with E-state index in [0.29, 0.717) is 6.04 Å². The number of rotatable bonds is 7. The van der Waals surface area contributed by atoms with Gasteiger partial charge < -0.3 is 4.90 Å². The van der Waals surface area contributed by atoms with Crippen LogP contribution in [-0.2, 0) is 6.42 Å².